The summed E-state index contributed by atoms with van der Waals surface area (Å²) in [6.45, 7) is 1.38. The van der Waals surface area contributed by atoms with E-state index in [0.717, 1.165) is 0 Å². The fourth-order valence-electron chi connectivity index (χ4n) is 2.56. The maximum Gasteiger partial charge on any atom is 0.268 e. The zero-order chi connectivity index (χ0) is 20.3. The first-order valence-electron chi connectivity index (χ1n) is 8.41. The first-order chi connectivity index (χ1) is 13.4. The number of nitrogens with zero attached hydrogens (tertiary/aromatic N) is 2. The molecule has 146 valence electrons. The Balaban J connectivity index is 1.65. The molecule has 1 amide bonds. The standard InChI is InChI=1S/C19H19N3O5S/c1-11(23)12-4-5-14(15(8-12)26-3)27-10-17(24)22(2)9-16-20-13-6-7-28-18(13)19(25)21-16/h4-8H,9-10H2,1-3H3,(H,20,21,25). The van der Waals surface area contributed by atoms with Gasteiger partial charge in [0.15, 0.2) is 23.9 Å². The van der Waals surface area contributed by atoms with E-state index in [9.17, 15) is 14.4 Å². The third-order valence-electron chi connectivity index (χ3n) is 4.10. The molecule has 2 heterocycles. The van der Waals surface area contributed by atoms with Crippen LogP contribution in [0.3, 0.4) is 0 Å². The molecule has 1 N–H and O–H groups in total. The largest absolute Gasteiger partial charge is 0.493 e. The summed E-state index contributed by atoms with van der Waals surface area (Å²) in [6.07, 6.45) is 0. The number of aromatic amines is 1. The van der Waals surface area contributed by atoms with Crippen molar-refractivity contribution in [2.24, 2.45) is 0 Å². The minimum Gasteiger partial charge on any atom is -0.493 e. The van der Waals surface area contributed by atoms with Gasteiger partial charge in [-0.05, 0) is 36.6 Å². The van der Waals surface area contributed by atoms with E-state index in [-0.39, 0.29) is 30.4 Å². The number of likely N-dealkylation sites (N-methyl/N-ethyl adjacent to an activating group) is 1. The van der Waals surface area contributed by atoms with Gasteiger partial charge in [-0.3, -0.25) is 14.4 Å². The Morgan fingerprint density at radius 2 is 2.04 bits per heavy atom. The molecule has 0 aliphatic carbocycles. The van der Waals surface area contributed by atoms with Gasteiger partial charge in [-0.15, -0.1) is 11.3 Å². The van der Waals surface area contributed by atoms with Crippen molar-refractivity contribution >= 4 is 33.2 Å². The second-order valence-corrected chi connectivity index (χ2v) is 7.02. The van der Waals surface area contributed by atoms with Crippen molar-refractivity contribution in [3.8, 4) is 11.5 Å². The summed E-state index contributed by atoms with van der Waals surface area (Å²) >= 11 is 1.32. The summed E-state index contributed by atoms with van der Waals surface area (Å²) in [7, 11) is 3.06. The van der Waals surface area contributed by atoms with Crippen LogP contribution in [0.5, 0.6) is 11.5 Å². The Hall–Kier alpha value is -3.20. The molecule has 0 bridgehead atoms. The number of H-pyrrole nitrogens is 1. The number of amides is 1. The predicted octanol–water partition coefficient (Wildman–Crippen LogP) is 2.23. The quantitative estimate of drug-likeness (QED) is 0.609. The number of rotatable bonds is 7. The number of benzene rings is 1. The number of ketones is 1. The van der Waals surface area contributed by atoms with Crippen molar-refractivity contribution in [1.29, 1.82) is 0 Å². The van der Waals surface area contributed by atoms with E-state index in [1.54, 1.807) is 36.7 Å². The van der Waals surface area contributed by atoms with Gasteiger partial charge >= 0.3 is 0 Å². The lowest BCUT2D eigenvalue weighted by Crippen LogP contribution is -2.32. The molecule has 3 aromatic rings. The Morgan fingerprint density at radius 1 is 1.25 bits per heavy atom. The highest BCUT2D eigenvalue weighted by atomic mass is 32.1. The molecule has 28 heavy (non-hydrogen) atoms. The van der Waals surface area contributed by atoms with E-state index >= 15 is 0 Å². The summed E-state index contributed by atoms with van der Waals surface area (Å²) < 4.78 is 11.3. The van der Waals surface area contributed by atoms with Crippen molar-refractivity contribution in [2.75, 3.05) is 20.8 Å². The Labute approximate surface area is 164 Å². The minimum absolute atomic E-state index is 0.0928. The first kappa shape index (κ1) is 19.6. The molecule has 0 saturated heterocycles. The van der Waals surface area contributed by atoms with Crippen molar-refractivity contribution in [3.05, 3.63) is 51.4 Å². The third kappa shape index (κ3) is 4.20. The molecule has 9 heteroatoms. The van der Waals surface area contributed by atoms with E-state index in [0.29, 0.717) is 33.1 Å². The van der Waals surface area contributed by atoms with Crippen molar-refractivity contribution in [2.45, 2.75) is 13.5 Å². The van der Waals surface area contributed by atoms with Crippen LogP contribution in [0.1, 0.15) is 23.1 Å². The SMILES string of the molecule is COc1cc(C(C)=O)ccc1OCC(=O)N(C)Cc1nc2ccsc2c(=O)[nH]1. The van der Waals surface area contributed by atoms with E-state index < -0.39 is 0 Å². The van der Waals surface area contributed by atoms with Gasteiger partial charge in [0.2, 0.25) is 0 Å². The van der Waals surface area contributed by atoms with Crippen LogP contribution in [0.15, 0.2) is 34.4 Å². The van der Waals surface area contributed by atoms with E-state index in [1.165, 1.54) is 30.3 Å². The number of fused-ring (bicyclic) bond motifs is 1. The zero-order valence-corrected chi connectivity index (χ0v) is 16.5. The Bertz CT molecular complexity index is 1090. The van der Waals surface area contributed by atoms with Crippen LogP contribution in [0.2, 0.25) is 0 Å². The molecule has 1 aromatic carbocycles. The topological polar surface area (TPSA) is 102 Å². The predicted molar refractivity (Wildman–Crippen MR) is 105 cm³/mol. The van der Waals surface area contributed by atoms with Crippen LogP contribution in [-0.4, -0.2) is 47.3 Å². The van der Waals surface area contributed by atoms with Crippen LogP contribution in [0, 0.1) is 0 Å². The summed E-state index contributed by atoms with van der Waals surface area (Å²) in [5.41, 5.74) is 0.880. The molecule has 0 spiro atoms. The molecule has 0 aliphatic heterocycles. The molecule has 8 nitrogen and oxygen atoms in total. The normalized spacial score (nSPS) is 10.7. The fourth-order valence-corrected chi connectivity index (χ4v) is 3.29. The Morgan fingerprint density at radius 3 is 2.75 bits per heavy atom. The van der Waals surface area contributed by atoms with Gasteiger partial charge in [0, 0.05) is 12.6 Å². The van der Waals surface area contributed by atoms with Gasteiger partial charge in [-0.1, -0.05) is 0 Å². The molecule has 0 saturated carbocycles. The summed E-state index contributed by atoms with van der Waals surface area (Å²) in [4.78, 5) is 44.3. The van der Waals surface area contributed by atoms with Gasteiger partial charge in [-0.2, -0.15) is 0 Å². The molecule has 0 radical (unpaired) electrons. The number of carbonyl (C=O) groups excluding carboxylic acids is 2. The van der Waals surface area contributed by atoms with Gasteiger partial charge in [0.1, 0.15) is 10.5 Å². The molecule has 0 aliphatic rings. The maximum absolute atomic E-state index is 12.4. The smallest absolute Gasteiger partial charge is 0.268 e. The Kier molecular flexibility index (Phi) is 5.74. The average molecular weight is 401 g/mol. The second kappa shape index (κ2) is 8.22. The van der Waals surface area contributed by atoms with E-state index in [4.69, 9.17) is 9.47 Å². The first-order valence-corrected chi connectivity index (χ1v) is 9.29. The van der Waals surface area contributed by atoms with Gasteiger partial charge in [0.25, 0.3) is 11.5 Å². The van der Waals surface area contributed by atoms with Crippen LogP contribution in [0.4, 0.5) is 0 Å². The number of hydrogen-bond donors (Lipinski definition) is 1. The third-order valence-corrected chi connectivity index (χ3v) is 5.00. The highest BCUT2D eigenvalue weighted by Crippen LogP contribution is 2.28. The number of thiophene rings is 1. The number of carbonyl (C=O) groups is 2. The number of nitrogens with one attached hydrogen (secondary N) is 1. The molecule has 0 unspecified atom stereocenters. The van der Waals surface area contributed by atoms with E-state index in [2.05, 4.69) is 9.97 Å². The number of hydrogen-bond acceptors (Lipinski definition) is 7. The summed E-state index contributed by atoms with van der Waals surface area (Å²) in [6, 6.07) is 6.53. The lowest BCUT2D eigenvalue weighted by Gasteiger charge is -2.17. The molecule has 3 rings (SSSR count). The van der Waals surface area contributed by atoms with Crippen molar-refractivity contribution < 1.29 is 19.1 Å². The highest BCUT2D eigenvalue weighted by molar-refractivity contribution is 7.17. The van der Waals surface area contributed by atoms with Crippen LogP contribution in [0.25, 0.3) is 10.2 Å². The van der Waals surface area contributed by atoms with Crippen LogP contribution >= 0.6 is 11.3 Å². The van der Waals surface area contributed by atoms with Crippen LogP contribution in [-0.2, 0) is 11.3 Å². The maximum atomic E-state index is 12.4. The highest BCUT2D eigenvalue weighted by Gasteiger charge is 2.15. The number of aromatic nitrogens is 2. The zero-order valence-electron chi connectivity index (χ0n) is 15.6. The number of methoxy groups -OCH3 is 1. The molecule has 0 fully saturated rings. The fraction of sp³-hybridized carbons (Fsp3) is 0.263. The van der Waals surface area contributed by atoms with E-state index in [1.807, 2.05) is 0 Å². The molecular formula is C19H19N3O5S. The lowest BCUT2D eigenvalue weighted by molar-refractivity contribution is -0.132. The van der Waals surface area contributed by atoms with Crippen LogP contribution < -0.4 is 15.0 Å². The molecule has 0 atom stereocenters. The van der Waals surface area contributed by atoms with Gasteiger partial charge < -0.3 is 19.4 Å². The summed E-state index contributed by atoms with van der Waals surface area (Å²) in [5.74, 6) is 0.739. The average Bonchev–Trinajstić information content (AvgIpc) is 3.14. The van der Waals surface area contributed by atoms with Gasteiger partial charge in [0.05, 0.1) is 19.2 Å². The molecule has 2 aromatic heterocycles. The second-order valence-electron chi connectivity index (χ2n) is 6.11. The van der Waals surface area contributed by atoms with Crippen molar-refractivity contribution in [1.82, 2.24) is 14.9 Å². The monoisotopic (exact) mass is 401 g/mol. The van der Waals surface area contributed by atoms with Crippen molar-refractivity contribution in [3.63, 3.8) is 0 Å². The molecular weight excluding hydrogens is 382 g/mol. The number of ether oxygens (including phenoxy) is 2. The number of Topliss-reactive ketones (excluding diaryl/α,β-unsaturated/α-hetero) is 1. The minimum atomic E-state index is -0.300. The lowest BCUT2D eigenvalue weighted by atomic mass is 10.1. The van der Waals surface area contributed by atoms with Gasteiger partial charge in [-0.25, -0.2) is 4.98 Å². The summed E-state index contributed by atoms with van der Waals surface area (Å²) in [5, 5.41) is 1.80.